The van der Waals surface area contributed by atoms with E-state index in [-0.39, 0.29) is 69.8 Å². The molecule has 2 aliphatic rings. The smallest absolute Gasteiger partial charge is 0.246 e. The molecule has 14 heteroatoms. The third kappa shape index (κ3) is 12.6. The Morgan fingerprint density at radius 2 is 1.75 bits per heavy atom. The number of carbonyl (C=O) groups is 5. The van der Waals surface area contributed by atoms with Gasteiger partial charge in [-0.2, -0.15) is 0 Å². The molecule has 0 radical (unpaired) electrons. The van der Waals surface area contributed by atoms with Gasteiger partial charge in [-0.05, 0) is 48.4 Å². The van der Waals surface area contributed by atoms with Gasteiger partial charge in [-0.25, -0.2) is 0 Å². The maximum absolute atomic E-state index is 13.8. The van der Waals surface area contributed by atoms with Crippen molar-refractivity contribution >= 4 is 29.5 Å². The second-order valence-electron chi connectivity index (χ2n) is 12.8. The van der Waals surface area contributed by atoms with Crippen LogP contribution in [0.3, 0.4) is 0 Å². The minimum Gasteiger partial charge on any atom is -0.378 e. The Labute approximate surface area is 298 Å². The summed E-state index contributed by atoms with van der Waals surface area (Å²) in [4.78, 5) is 67.6. The Kier molecular flexibility index (Phi) is 15.6. The standard InChI is InChI=1S/C37H51N7O7/c1-25-7-2-3-8-26(25)21-31-37(50)41-23-28-10-5-4-9-27(28)22-33(46)42-30(36(49)40-17-20-51-19-15-38)14-16-39-32(45)12-13-34(47)44-18-6-11-29(24-44)35(48)43-31/h2-5,7-10,12-13,29-31,33,42,46H,6,11,14-24,38H2,1H3,(H,39,45)(H,40,49)(H,41,50)(H,43,48)/b13-12+/t29-,30+,31+,33?/m1/s1. The monoisotopic (exact) mass is 705 g/mol. The van der Waals surface area contributed by atoms with E-state index in [0.29, 0.717) is 32.5 Å². The highest BCUT2D eigenvalue weighted by molar-refractivity contribution is 5.97. The summed E-state index contributed by atoms with van der Waals surface area (Å²) in [5.41, 5.74) is 8.86. The molecule has 2 bridgehead atoms. The quantitative estimate of drug-likeness (QED) is 0.178. The van der Waals surface area contributed by atoms with Gasteiger partial charge in [0.15, 0.2) is 0 Å². The van der Waals surface area contributed by atoms with Gasteiger partial charge in [0.25, 0.3) is 0 Å². The summed E-state index contributed by atoms with van der Waals surface area (Å²) < 4.78 is 5.34. The molecule has 0 spiro atoms. The van der Waals surface area contributed by atoms with E-state index in [4.69, 9.17) is 10.5 Å². The van der Waals surface area contributed by atoms with Crippen LogP contribution in [0, 0.1) is 12.8 Å². The average Bonchev–Trinajstić information content (AvgIpc) is 3.13. The van der Waals surface area contributed by atoms with Crippen LogP contribution in [0.1, 0.15) is 41.5 Å². The Hall–Kier alpha value is -4.63. The first-order valence-corrected chi connectivity index (χ1v) is 17.6. The van der Waals surface area contributed by atoms with Gasteiger partial charge in [0.2, 0.25) is 29.5 Å². The molecule has 0 aliphatic carbocycles. The van der Waals surface area contributed by atoms with Gasteiger partial charge >= 0.3 is 0 Å². The van der Waals surface area contributed by atoms with Crippen LogP contribution in [0.5, 0.6) is 0 Å². The number of aryl methyl sites for hydroxylation is 1. The molecular weight excluding hydrogens is 654 g/mol. The van der Waals surface area contributed by atoms with E-state index in [1.54, 1.807) is 0 Å². The molecule has 4 atom stereocenters. The predicted molar refractivity (Wildman–Crippen MR) is 191 cm³/mol. The molecule has 1 fully saturated rings. The number of hydrogen-bond acceptors (Lipinski definition) is 9. The van der Waals surface area contributed by atoms with Crippen LogP contribution >= 0.6 is 0 Å². The van der Waals surface area contributed by atoms with Crippen LogP contribution in [-0.4, -0.2) is 104 Å². The van der Waals surface area contributed by atoms with Crippen molar-refractivity contribution in [3.63, 3.8) is 0 Å². The maximum atomic E-state index is 13.8. The van der Waals surface area contributed by atoms with E-state index in [1.165, 1.54) is 11.0 Å². The molecule has 5 amide bonds. The van der Waals surface area contributed by atoms with Crippen LogP contribution < -0.4 is 32.3 Å². The minimum absolute atomic E-state index is 0.0805. The molecule has 4 rings (SSSR count). The Bertz CT molecular complexity index is 1530. The van der Waals surface area contributed by atoms with Crippen molar-refractivity contribution in [1.29, 1.82) is 0 Å². The number of ether oxygens (including phenoxy) is 1. The van der Waals surface area contributed by atoms with Crippen molar-refractivity contribution in [1.82, 2.24) is 31.5 Å². The summed E-state index contributed by atoms with van der Waals surface area (Å²) in [7, 11) is 0. The SMILES string of the molecule is Cc1ccccc1C[C@@H]1NC(=O)[C@@H]2CCCN(C2)C(=O)/C=C/C(=O)NCC[C@@H](C(=O)NCCOCCN)NC(O)Cc2ccccc2CNC1=O. The van der Waals surface area contributed by atoms with Gasteiger partial charge in [-0.3, -0.25) is 29.3 Å². The Morgan fingerprint density at radius 1 is 0.980 bits per heavy atom. The van der Waals surface area contributed by atoms with Gasteiger partial charge in [0, 0.05) is 64.3 Å². The Balaban J connectivity index is 1.57. The number of nitrogens with two attached hydrogens (primary N) is 1. The van der Waals surface area contributed by atoms with Crippen LogP contribution in [-0.2, 0) is 48.1 Å². The second-order valence-corrected chi connectivity index (χ2v) is 12.8. The highest BCUT2D eigenvalue weighted by atomic mass is 16.5. The van der Waals surface area contributed by atoms with E-state index in [1.807, 2.05) is 55.5 Å². The summed E-state index contributed by atoms with van der Waals surface area (Å²) in [5.74, 6) is -2.53. The zero-order valence-corrected chi connectivity index (χ0v) is 29.2. The lowest BCUT2D eigenvalue weighted by atomic mass is 9.95. The number of aliphatic hydroxyl groups is 1. The molecule has 8 N–H and O–H groups in total. The first-order chi connectivity index (χ1) is 24.6. The fourth-order valence-corrected chi connectivity index (χ4v) is 6.18. The number of hydrogen-bond donors (Lipinski definition) is 7. The number of nitrogens with one attached hydrogen (secondary N) is 5. The second kappa shape index (κ2) is 20.3. The third-order valence-corrected chi connectivity index (χ3v) is 9.03. The van der Waals surface area contributed by atoms with Crippen LogP contribution in [0.2, 0.25) is 0 Å². The van der Waals surface area contributed by atoms with E-state index in [2.05, 4.69) is 26.6 Å². The molecule has 2 aromatic rings. The number of nitrogens with zero attached hydrogens (tertiary/aromatic N) is 1. The molecule has 1 unspecified atom stereocenters. The van der Waals surface area contributed by atoms with E-state index in [9.17, 15) is 29.1 Å². The van der Waals surface area contributed by atoms with Crippen molar-refractivity contribution in [3.05, 3.63) is 82.9 Å². The first-order valence-electron chi connectivity index (χ1n) is 17.6. The lowest BCUT2D eigenvalue weighted by molar-refractivity contribution is -0.135. The van der Waals surface area contributed by atoms with E-state index in [0.717, 1.165) is 28.3 Å². The zero-order chi connectivity index (χ0) is 36.6. The summed E-state index contributed by atoms with van der Waals surface area (Å²) >= 11 is 0. The molecule has 0 saturated carbocycles. The van der Waals surface area contributed by atoms with Crippen LogP contribution in [0.4, 0.5) is 0 Å². The largest absolute Gasteiger partial charge is 0.378 e. The molecule has 2 heterocycles. The molecule has 14 nitrogen and oxygen atoms in total. The van der Waals surface area contributed by atoms with Crippen molar-refractivity contribution < 1.29 is 33.8 Å². The highest BCUT2D eigenvalue weighted by Crippen LogP contribution is 2.19. The summed E-state index contributed by atoms with van der Waals surface area (Å²) in [6, 6.07) is 13.3. The summed E-state index contributed by atoms with van der Waals surface area (Å²) in [6.07, 6.45) is 2.82. The van der Waals surface area contributed by atoms with Gasteiger partial charge in [0.1, 0.15) is 12.3 Å². The number of piperidine rings is 1. The molecule has 1 saturated heterocycles. The zero-order valence-electron chi connectivity index (χ0n) is 29.2. The van der Waals surface area contributed by atoms with Crippen LogP contribution in [0.25, 0.3) is 0 Å². The topological polar surface area (TPSA) is 204 Å². The molecule has 2 aliphatic heterocycles. The van der Waals surface area contributed by atoms with Crippen molar-refractivity contribution in [2.45, 2.75) is 63.9 Å². The normalized spacial score (nSPS) is 23.4. The number of benzene rings is 2. The average molecular weight is 706 g/mol. The Morgan fingerprint density at radius 3 is 2.53 bits per heavy atom. The summed E-state index contributed by atoms with van der Waals surface area (Å²) in [5, 5.41) is 25.5. The van der Waals surface area contributed by atoms with Gasteiger partial charge in [0.05, 0.1) is 25.2 Å². The molecule has 2 aromatic carbocycles. The fraction of sp³-hybridized carbons (Fsp3) is 0.486. The van der Waals surface area contributed by atoms with Gasteiger partial charge in [-0.1, -0.05) is 48.5 Å². The van der Waals surface area contributed by atoms with Crippen molar-refractivity contribution in [3.8, 4) is 0 Å². The van der Waals surface area contributed by atoms with Crippen molar-refractivity contribution in [2.75, 3.05) is 45.9 Å². The first kappa shape index (κ1) is 39.2. The third-order valence-electron chi connectivity index (χ3n) is 9.03. The summed E-state index contributed by atoms with van der Waals surface area (Å²) in [6.45, 7) is 3.97. The molecular formula is C37H51N7O7. The maximum Gasteiger partial charge on any atom is 0.246 e. The number of amides is 5. The number of aliphatic hydroxyl groups excluding tert-OH is 1. The lowest BCUT2D eigenvalue weighted by Gasteiger charge is -2.32. The molecule has 276 valence electrons. The number of rotatable bonds is 8. The molecule has 51 heavy (non-hydrogen) atoms. The van der Waals surface area contributed by atoms with Crippen molar-refractivity contribution in [2.24, 2.45) is 11.7 Å². The van der Waals surface area contributed by atoms with Gasteiger partial charge < -0.3 is 41.7 Å². The fourth-order valence-electron chi connectivity index (χ4n) is 6.18. The lowest BCUT2D eigenvalue weighted by Crippen LogP contribution is -2.52. The number of carbonyl (C=O) groups excluding carboxylic acids is 5. The van der Waals surface area contributed by atoms with E-state index < -0.39 is 36.0 Å². The number of fused-ring (bicyclic) bond motifs is 3. The van der Waals surface area contributed by atoms with E-state index >= 15 is 0 Å². The molecule has 0 aromatic heterocycles. The van der Waals surface area contributed by atoms with Gasteiger partial charge in [-0.15, -0.1) is 0 Å². The van der Waals surface area contributed by atoms with Crippen LogP contribution in [0.15, 0.2) is 60.7 Å². The minimum atomic E-state index is -1.15. The highest BCUT2D eigenvalue weighted by Gasteiger charge is 2.31. The predicted octanol–water partition coefficient (Wildman–Crippen LogP) is -0.436.